The van der Waals surface area contributed by atoms with Gasteiger partial charge >= 0.3 is 6.85 Å². The van der Waals surface area contributed by atoms with Gasteiger partial charge in [-0.1, -0.05) is 149 Å². The number of hydrogen-bond acceptors (Lipinski definition) is 4. The highest BCUT2D eigenvalue weighted by Gasteiger charge is 2.52. The molecule has 0 unspecified atom stereocenters. The van der Waals surface area contributed by atoms with Crippen LogP contribution in [0, 0.1) is 0 Å². The van der Waals surface area contributed by atoms with Crippen molar-refractivity contribution in [3.63, 3.8) is 0 Å². The van der Waals surface area contributed by atoms with Crippen LogP contribution in [0.1, 0.15) is 104 Å². The van der Waals surface area contributed by atoms with Gasteiger partial charge in [0.1, 0.15) is 11.2 Å². The van der Waals surface area contributed by atoms with Crippen molar-refractivity contribution in [2.24, 2.45) is 0 Å². The number of thiophene rings is 1. The van der Waals surface area contributed by atoms with Gasteiger partial charge in [-0.15, -0.1) is 11.3 Å². The Hall–Kier alpha value is -6.04. The van der Waals surface area contributed by atoms with E-state index in [4.69, 9.17) is 4.42 Å². The third-order valence-electron chi connectivity index (χ3n) is 14.7. The van der Waals surface area contributed by atoms with Crippen LogP contribution in [0.5, 0.6) is 0 Å². The van der Waals surface area contributed by atoms with E-state index in [1.807, 2.05) is 11.3 Å². The molecule has 64 heavy (non-hydrogen) atoms. The number of nitrogens with zero attached hydrogens (tertiary/aromatic N) is 2. The molecule has 2 aliphatic heterocycles. The van der Waals surface area contributed by atoms with Gasteiger partial charge in [-0.25, -0.2) is 0 Å². The molecule has 0 fully saturated rings. The zero-order valence-electron chi connectivity index (χ0n) is 39.0. The second kappa shape index (κ2) is 13.0. The summed E-state index contributed by atoms with van der Waals surface area (Å²) in [6.45, 7) is 25.4. The van der Waals surface area contributed by atoms with Crippen LogP contribution < -0.4 is 20.8 Å². The van der Waals surface area contributed by atoms with E-state index in [1.165, 1.54) is 87.1 Å². The monoisotopic (exact) mass is 850 g/mol. The minimum absolute atomic E-state index is 0.0194. The molecule has 316 valence electrons. The van der Waals surface area contributed by atoms with Crippen molar-refractivity contribution in [1.82, 2.24) is 0 Å². The Labute approximate surface area is 382 Å². The molecule has 9 aromatic rings. The maximum Gasteiger partial charge on any atom is 0.375 e. The Morgan fingerprint density at radius 3 is 1.84 bits per heavy atom. The van der Waals surface area contributed by atoms with E-state index in [2.05, 4.69) is 219 Å². The Kier molecular flexibility index (Phi) is 8.06. The van der Waals surface area contributed by atoms with Crippen molar-refractivity contribution in [3.8, 4) is 22.3 Å². The van der Waals surface area contributed by atoms with Crippen molar-refractivity contribution in [2.45, 2.75) is 97.8 Å². The molecule has 0 saturated heterocycles. The fourth-order valence-electron chi connectivity index (χ4n) is 11.3. The Morgan fingerprint density at radius 2 is 1.16 bits per heavy atom. The second-order valence-electron chi connectivity index (χ2n) is 22.2. The summed E-state index contributed by atoms with van der Waals surface area (Å²) in [5, 5.41) is 3.74. The zero-order chi connectivity index (χ0) is 44.4. The predicted molar refractivity (Wildman–Crippen MR) is 276 cm³/mol. The molecule has 7 aromatic carbocycles. The van der Waals surface area contributed by atoms with Gasteiger partial charge in [0.15, 0.2) is 0 Å². The number of anilines is 5. The molecule has 0 saturated carbocycles. The van der Waals surface area contributed by atoms with E-state index in [1.54, 1.807) is 0 Å². The number of benzene rings is 7. The Bertz CT molecular complexity index is 3420. The van der Waals surface area contributed by atoms with E-state index >= 15 is 0 Å². The van der Waals surface area contributed by atoms with Crippen LogP contribution in [-0.2, 0) is 21.7 Å². The first kappa shape index (κ1) is 39.5. The van der Waals surface area contributed by atoms with Gasteiger partial charge in [0.05, 0.1) is 5.69 Å². The maximum absolute atomic E-state index is 7.48. The molecular formula is C59H55BN2OS. The molecule has 5 heteroatoms. The van der Waals surface area contributed by atoms with Gasteiger partial charge in [-0.2, -0.15) is 0 Å². The van der Waals surface area contributed by atoms with Crippen LogP contribution in [0.15, 0.2) is 138 Å². The molecule has 0 atom stereocenters. The van der Waals surface area contributed by atoms with Gasteiger partial charge in [0, 0.05) is 59.3 Å². The van der Waals surface area contributed by atoms with Crippen molar-refractivity contribution in [1.29, 1.82) is 0 Å². The minimum atomic E-state index is -0.254. The van der Waals surface area contributed by atoms with Gasteiger partial charge < -0.3 is 14.1 Å². The summed E-state index contributed by atoms with van der Waals surface area (Å²) in [4.78, 5) is 5.19. The molecule has 0 N–H and O–H groups in total. The van der Waals surface area contributed by atoms with Gasteiger partial charge in [-0.3, -0.25) is 0 Å². The first-order chi connectivity index (χ1) is 30.4. The Balaban J connectivity index is 1.27. The summed E-state index contributed by atoms with van der Waals surface area (Å²) in [7, 11) is 0. The van der Waals surface area contributed by atoms with Crippen LogP contribution in [0.4, 0.5) is 28.4 Å². The summed E-state index contributed by atoms with van der Waals surface area (Å²) in [5.41, 5.74) is 20.7. The highest BCUT2D eigenvalue weighted by Crippen LogP contribution is 2.59. The summed E-state index contributed by atoms with van der Waals surface area (Å²) < 4.78 is 10.1. The average Bonchev–Trinajstić information content (AvgIpc) is 3.89. The van der Waals surface area contributed by atoms with Gasteiger partial charge in [0.2, 0.25) is 0 Å². The van der Waals surface area contributed by atoms with Gasteiger partial charge in [-0.05, 0) is 127 Å². The predicted octanol–water partition coefficient (Wildman–Crippen LogP) is 15.7. The molecule has 4 heterocycles. The van der Waals surface area contributed by atoms with E-state index in [9.17, 15) is 0 Å². The molecule has 3 aliphatic rings. The van der Waals surface area contributed by atoms with Crippen LogP contribution >= 0.6 is 11.3 Å². The van der Waals surface area contributed by atoms with Gasteiger partial charge in [0.25, 0.3) is 0 Å². The maximum atomic E-state index is 7.48. The quantitative estimate of drug-likeness (QED) is 0.162. The lowest BCUT2D eigenvalue weighted by Crippen LogP contribution is -2.61. The van der Waals surface area contributed by atoms with Crippen LogP contribution in [0.2, 0.25) is 0 Å². The number of rotatable bonds is 2. The first-order valence-corrected chi connectivity index (χ1v) is 23.9. The third kappa shape index (κ3) is 5.52. The number of fused-ring (bicyclic) bond motifs is 13. The molecule has 1 aliphatic carbocycles. The van der Waals surface area contributed by atoms with E-state index in [0.717, 1.165) is 33.7 Å². The Morgan fingerprint density at radius 1 is 0.531 bits per heavy atom. The minimum Gasteiger partial charge on any atom is -0.466 e. The first-order valence-electron chi connectivity index (χ1n) is 23.0. The standard InChI is InChI=1S/C59H55BN2OS/c1-56(2,3)34-20-25-37(26-21-34)61-47-32-42-39-16-12-14-18-45(39)59(10,11)52(42)51-43-33-50-41(40-17-13-15-19-49(40)64-50)31-46(43)62(38-27-22-35(23-28-38)57(4,5)6)60(53(47)51)55-54(61)44-30-36(58(7,8)9)24-29-48(44)63-55/h12-33H,1-11H3. The fourth-order valence-corrected chi connectivity index (χ4v) is 12.4. The normalized spacial score (nSPS) is 15.1. The topological polar surface area (TPSA) is 19.6 Å². The number of furan rings is 1. The third-order valence-corrected chi connectivity index (χ3v) is 15.8. The molecule has 2 aromatic heterocycles. The summed E-state index contributed by atoms with van der Waals surface area (Å²) in [5.74, 6) is 0. The van der Waals surface area contributed by atoms with Crippen molar-refractivity contribution < 1.29 is 4.42 Å². The van der Waals surface area contributed by atoms with Crippen LogP contribution in [0.25, 0.3) is 53.4 Å². The lowest BCUT2D eigenvalue weighted by atomic mass is 9.45. The fraction of sp³-hybridized carbons (Fsp3) is 0.254. The molecule has 0 spiro atoms. The lowest BCUT2D eigenvalue weighted by molar-refractivity contribution is 0.590. The van der Waals surface area contributed by atoms with Crippen LogP contribution in [0.3, 0.4) is 0 Å². The lowest BCUT2D eigenvalue weighted by Gasteiger charge is -2.45. The molecule has 12 rings (SSSR count). The van der Waals surface area contributed by atoms with E-state index in [0.29, 0.717) is 0 Å². The summed E-state index contributed by atoms with van der Waals surface area (Å²) in [6.07, 6.45) is 0. The zero-order valence-corrected chi connectivity index (χ0v) is 39.8. The highest BCUT2D eigenvalue weighted by atomic mass is 32.1. The van der Waals surface area contributed by atoms with E-state index < -0.39 is 0 Å². The van der Waals surface area contributed by atoms with Crippen molar-refractivity contribution in [3.05, 3.63) is 161 Å². The molecule has 0 bridgehead atoms. The second-order valence-corrected chi connectivity index (χ2v) is 23.3. The SMILES string of the molecule is CC(C)(C)c1ccc(N2B3c4oc5ccc(C(C)(C)C)cc5c4N(c4ccc(C(C)(C)C)cc4)c4cc5c(c(c43)-c3cc4sc6ccccc6c4cc32)C(C)(C)c2ccccc2-5)cc1. The van der Waals surface area contributed by atoms with E-state index in [-0.39, 0.29) is 28.5 Å². The smallest absolute Gasteiger partial charge is 0.375 e. The summed E-state index contributed by atoms with van der Waals surface area (Å²) in [6, 6.07) is 51.3. The average molecular weight is 851 g/mol. The number of hydrogen-bond donors (Lipinski definition) is 0. The largest absolute Gasteiger partial charge is 0.466 e. The van der Waals surface area contributed by atoms with Crippen molar-refractivity contribution in [2.75, 3.05) is 9.71 Å². The summed E-state index contributed by atoms with van der Waals surface area (Å²) >= 11 is 1.90. The van der Waals surface area contributed by atoms with Crippen LogP contribution in [-0.4, -0.2) is 6.85 Å². The molecule has 3 nitrogen and oxygen atoms in total. The van der Waals surface area contributed by atoms with Crippen molar-refractivity contribution >= 4 is 88.9 Å². The molecular weight excluding hydrogens is 796 g/mol. The highest BCUT2D eigenvalue weighted by molar-refractivity contribution is 7.25. The molecule has 0 amide bonds. The molecule has 0 radical (unpaired) electrons.